The Balaban J connectivity index is 4.57. The Hall–Kier alpha value is -0.136. The molecule has 0 saturated heterocycles. The van der Waals surface area contributed by atoms with Crippen LogP contribution in [-0.4, -0.2) is 41.9 Å². The first-order chi connectivity index (χ1) is 4.19. The van der Waals surface area contributed by atoms with E-state index in [-0.39, 0.29) is 10.2 Å². The zero-order valence-electron chi connectivity index (χ0n) is 6.80. The van der Waals surface area contributed by atoms with Gasteiger partial charge in [-0.1, -0.05) is 13.8 Å². The third kappa shape index (κ3) is 1.68. The van der Waals surface area contributed by atoms with Gasteiger partial charge >= 0.3 is 5.97 Å². The minimum Gasteiger partial charge on any atom is -0.479 e. The molecule has 1 atom stereocenters. The van der Waals surface area contributed by atoms with Gasteiger partial charge in [0.15, 0.2) is 0 Å². The summed E-state index contributed by atoms with van der Waals surface area (Å²) in [6.45, 7) is 3.56. The largest absolute Gasteiger partial charge is 0.479 e. The smallest absolute Gasteiger partial charge is 0.331 e. The van der Waals surface area contributed by atoms with E-state index in [1.807, 2.05) is 0 Å². The lowest BCUT2D eigenvalue weighted by atomic mass is 10.1. The van der Waals surface area contributed by atoms with E-state index in [4.69, 9.17) is 5.11 Å². The Kier molecular flexibility index (Phi) is 2.45. The Bertz CT molecular complexity index is 147. The fraction of sp³-hybridized carbons (Fsp3) is 0.800. The second-order valence-electron chi connectivity index (χ2n) is 3.63. The Labute approximate surface area is 66.3 Å². The van der Waals surface area contributed by atoms with Crippen LogP contribution in [0.5, 0.6) is 0 Å². The highest BCUT2D eigenvalue weighted by Gasteiger charge is 2.41. The van der Waals surface area contributed by atoms with Crippen molar-refractivity contribution < 1.29 is 15.0 Å². The van der Waals surface area contributed by atoms with Gasteiger partial charge in [-0.2, -0.15) is 0 Å². The average molecular weight is 178 g/mol. The zero-order valence-corrected chi connectivity index (χ0v) is 10.8. The molecule has 1 unspecified atom stereocenters. The molecule has 3 nitrogen and oxygen atoms in total. The molecule has 0 aromatic rings. The maximum Gasteiger partial charge on any atom is 0.331 e. The van der Waals surface area contributed by atoms with Crippen LogP contribution in [0.4, 0.5) is 0 Å². The molecule has 0 radical (unpaired) electrons. The van der Waals surface area contributed by atoms with Crippen molar-refractivity contribution in [2.75, 3.05) is 0 Å². The van der Waals surface area contributed by atoms with Crippen LogP contribution in [0.1, 0.15) is 13.8 Å². The predicted molar refractivity (Wildman–Crippen MR) is 46.5 cm³/mol. The minimum atomic E-state index is -1.45. The predicted octanol–water partition coefficient (Wildman–Crippen LogP) is -2.31. The Morgan fingerprint density at radius 3 is 1.70 bits per heavy atom. The second-order valence-corrected chi connectivity index (χ2v) is 7.57. The average Bonchev–Trinajstić information content (AvgIpc) is 1.62. The first kappa shape index (κ1) is 9.86. The van der Waals surface area contributed by atoms with Gasteiger partial charge in [0.25, 0.3) is 0 Å². The fourth-order valence-electron chi connectivity index (χ4n) is 0.321. The van der Waals surface area contributed by atoms with E-state index >= 15 is 0 Å². The van der Waals surface area contributed by atoms with Crippen molar-refractivity contribution in [2.24, 2.45) is 0 Å². The number of rotatable bonds is 2. The molecule has 10 heavy (non-hydrogen) atoms. The van der Waals surface area contributed by atoms with Gasteiger partial charge in [-0.05, 0) is 5.04 Å². The number of aliphatic hydroxyl groups is 1. The number of carboxylic acid groups (broad SMARTS) is 1. The van der Waals surface area contributed by atoms with E-state index < -0.39 is 16.2 Å². The molecule has 0 aliphatic heterocycles. The molecule has 0 bridgehead atoms. The van der Waals surface area contributed by atoms with Crippen molar-refractivity contribution in [3.63, 3.8) is 0 Å². The third-order valence-corrected chi connectivity index (χ3v) is 5.78. The summed E-state index contributed by atoms with van der Waals surface area (Å²) in [5, 5.41) is 16.1. The van der Waals surface area contributed by atoms with Crippen molar-refractivity contribution >= 4 is 26.5 Å². The topological polar surface area (TPSA) is 57.5 Å². The lowest BCUT2D eigenvalue weighted by Gasteiger charge is -2.32. The van der Waals surface area contributed by atoms with Gasteiger partial charge < -0.3 is 10.2 Å². The van der Waals surface area contributed by atoms with E-state index in [0.29, 0.717) is 10.2 Å². The first-order valence-electron chi connectivity index (χ1n) is 3.15. The maximum absolute atomic E-state index is 10.5. The molecule has 0 aliphatic carbocycles. The van der Waals surface area contributed by atoms with Crippen LogP contribution in [-0.2, 0) is 4.79 Å². The maximum atomic E-state index is 10.5. The number of carboxylic acids is 1. The van der Waals surface area contributed by atoms with Crippen LogP contribution in [0, 0.1) is 0 Å². The Morgan fingerprint density at radius 1 is 1.40 bits per heavy atom. The van der Waals surface area contributed by atoms with Crippen LogP contribution < -0.4 is 0 Å². The highest BCUT2D eigenvalue weighted by molar-refractivity contribution is 6.33. The van der Waals surface area contributed by atoms with E-state index in [9.17, 15) is 9.90 Å². The van der Waals surface area contributed by atoms with Crippen molar-refractivity contribution in [3.05, 3.63) is 0 Å². The molecule has 0 amide bonds. The molecule has 0 aromatic heterocycles. The van der Waals surface area contributed by atoms with Gasteiger partial charge in [-0.15, -0.1) is 0 Å². The highest BCUT2D eigenvalue weighted by Crippen LogP contribution is 2.31. The van der Waals surface area contributed by atoms with Gasteiger partial charge in [0, 0.05) is 10.2 Å². The van der Waals surface area contributed by atoms with Gasteiger partial charge in [-0.25, -0.2) is 4.79 Å². The summed E-state index contributed by atoms with van der Waals surface area (Å²) < 4.78 is 0. The summed E-state index contributed by atoms with van der Waals surface area (Å²) >= 11 is 0. The van der Waals surface area contributed by atoms with Crippen molar-refractivity contribution in [2.45, 2.75) is 24.1 Å². The summed E-state index contributed by atoms with van der Waals surface area (Å²) in [5.41, 5.74) is 0. The van der Waals surface area contributed by atoms with E-state index in [0.717, 1.165) is 0 Å². The summed E-state index contributed by atoms with van der Waals surface area (Å²) in [6.07, 6.45) is 0. The molecule has 60 valence electrons. The highest BCUT2D eigenvalue weighted by atomic mass is 28.2. The molecular weight excluding hydrogens is 164 g/mol. The zero-order chi connectivity index (χ0) is 8.58. The van der Waals surface area contributed by atoms with Gasteiger partial charge in [-0.3, -0.25) is 0 Å². The normalized spacial score (nSPS) is 18.7. The molecule has 0 fully saturated rings. The van der Waals surface area contributed by atoms with Crippen LogP contribution in [0.15, 0.2) is 0 Å². The molecule has 0 heterocycles. The summed E-state index contributed by atoms with van der Waals surface area (Å²) in [4.78, 5) is 10.5. The molecule has 5 heteroatoms. The quantitative estimate of drug-likeness (QED) is 0.467. The van der Waals surface area contributed by atoms with Gasteiger partial charge in [0.05, 0.1) is 10.2 Å². The molecule has 2 N–H and O–H groups in total. The minimum absolute atomic E-state index is 0.282. The molecule has 0 spiro atoms. The number of hydrogen-bond acceptors (Lipinski definition) is 2. The van der Waals surface area contributed by atoms with Crippen LogP contribution >= 0.6 is 0 Å². The van der Waals surface area contributed by atoms with Crippen molar-refractivity contribution in [1.29, 1.82) is 0 Å². The van der Waals surface area contributed by atoms with Crippen LogP contribution in [0.2, 0.25) is 5.04 Å². The van der Waals surface area contributed by atoms with E-state index in [2.05, 4.69) is 0 Å². The van der Waals surface area contributed by atoms with E-state index in [1.54, 1.807) is 13.8 Å². The molecule has 0 aliphatic rings. The monoisotopic (exact) mass is 178 g/mol. The standard InChI is InChI=1S/C5H14O3Si2/c1-4(2,9)5(8,10)3(6)7/h8H,1-2,9-10H3,(H,6,7). The van der Waals surface area contributed by atoms with E-state index in [1.165, 1.54) is 0 Å². The number of carbonyl (C=O) groups is 1. The lowest BCUT2D eigenvalue weighted by Crippen LogP contribution is -2.48. The lowest BCUT2D eigenvalue weighted by molar-refractivity contribution is -0.152. The van der Waals surface area contributed by atoms with Crippen LogP contribution in [0.25, 0.3) is 0 Å². The molecule has 0 saturated carbocycles. The number of hydrogen-bond donors (Lipinski definition) is 2. The SMILES string of the molecule is CC(C)([SiH3])C(O)([SiH3])C(=O)O. The second kappa shape index (κ2) is 2.48. The molecule has 0 rings (SSSR count). The number of aliphatic carboxylic acids is 1. The van der Waals surface area contributed by atoms with Crippen molar-refractivity contribution in [1.82, 2.24) is 0 Å². The third-order valence-electron chi connectivity index (χ3n) is 1.88. The summed E-state index contributed by atoms with van der Waals surface area (Å²) in [5.74, 6) is -1.08. The van der Waals surface area contributed by atoms with Crippen molar-refractivity contribution in [3.8, 4) is 0 Å². The fourth-order valence-corrected chi connectivity index (χ4v) is 0.535. The summed E-state index contributed by atoms with van der Waals surface area (Å²) in [6, 6.07) is 0. The molecule has 0 aromatic carbocycles. The van der Waals surface area contributed by atoms with Gasteiger partial charge in [0.2, 0.25) is 0 Å². The van der Waals surface area contributed by atoms with Crippen LogP contribution in [0.3, 0.4) is 0 Å². The summed E-state index contributed by atoms with van der Waals surface area (Å²) in [7, 11) is 0.971. The van der Waals surface area contributed by atoms with Gasteiger partial charge in [0.1, 0.15) is 5.22 Å². The molecular formula is C5H14O3Si2. The first-order valence-corrected chi connectivity index (χ1v) is 5.15. The Morgan fingerprint density at radius 2 is 1.70 bits per heavy atom.